The van der Waals surface area contributed by atoms with E-state index < -0.39 is 12.0 Å². The Morgan fingerprint density at radius 3 is 2.82 bits per heavy atom. The van der Waals surface area contributed by atoms with Crippen LogP contribution in [-0.4, -0.2) is 24.1 Å². The van der Waals surface area contributed by atoms with E-state index in [0.717, 1.165) is 0 Å². The van der Waals surface area contributed by atoms with Crippen molar-refractivity contribution in [3.63, 3.8) is 0 Å². The van der Waals surface area contributed by atoms with Gasteiger partial charge in [-0.15, -0.1) is 0 Å². The number of nitrogens with zero attached hydrogens (tertiary/aromatic N) is 1. The summed E-state index contributed by atoms with van der Waals surface area (Å²) in [7, 11) is 3.05. The highest BCUT2D eigenvalue weighted by Crippen LogP contribution is 2.16. The molecule has 1 heterocycles. The van der Waals surface area contributed by atoms with Crippen molar-refractivity contribution in [2.45, 2.75) is 6.10 Å². The van der Waals surface area contributed by atoms with Gasteiger partial charge in [-0.05, 0) is 29.8 Å². The molecule has 0 fully saturated rings. The first kappa shape index (κ1) is 15.9. The average Bonchev–Trinajstić information content (AvgIpc) is 2.50. The summed E-state index contributed by atoms with van der Waals surface area (Å²) in [6.07, 6.45) is 1.08. The van der Waals surface area contributed by atoms with Gasteiger partial charge in [0.2, 0.25) is 0 Å². The van der Waals surface area contributed by atoms with Gasteiger partial charge in [-0.25, -0.2) is 4.39 Å². The molecule has 0 aliphatic rings. The number of hydrogen-bond acceptors (Lipinski definition) is 3. The third-order valence-electron chi connectivity index (χ3n) is 3.32. The van der Waals surface area contributed by atoms with Gasteiger partial charge < -0.3 is 14.6 Å². The molecule has 1 aromatic carbocycles. The van der Waals surface area contributed by atoms with Crippen LogP contribution in [0, 0.1) is 5.82 Å². The fourth-order valence-electron chi connectivity index (χ4n) is 2.09. The minimum absolute atomic E-state index is 0.0547. The van der Waals surface area contributed by atoms with Crippen LogP contribution in [0.5, 0.6) is 0 Å². The van der Waals surface area contributed by atoms with Gasteiger partial charge in [0.15, 0.2) is 0 Å². The second kappa shape index (κ2) is 7.00. The van der Waals surface area contributed by atoms with E-state index >= 15 is 0 Å². The fourth-order valence-corrected chi connectivity index (χ4v) is 2.09. The molecule has 0 aliphatic carbocycles. The van der Waals surface area contributed by atoms with Gasteiger partial charge >= 0.3 is 0 Å². The van der Waals surface area contributed by atoms with Crippen molar-refractivity contribution in [1.29, 1.82) is 0 Å². The van der Waals surface area contributed by atoms with Gasteiger partial charge in [0.05, 0.1) is 6.10 Å². The molecule has 1 aromatic heterocycles. The van der Waals surface area contributed by atoms with E-state index in [0.29, 0.717) is 5.56 Å². The lowest BCUT2D eigenvalue weighted by Gasteiger charge is -2.16. The molecule has 0 radical (unpaired) electrons. The zero-order valence-electron chi connectivity index (χ0n) is 12.4. The largest absolute Gasteiger partial charge is 0.375 e. The van der Waals surface area contributed by atoms with Crippen molar-refractivity contribution in [1.82, 2.24) is 9.88 Å². The van der Waals surface area contributed by atoms with E-state index in [1.165, 1.54) is 29.9 Å². The van der Waals surface area contributed by atoms with Crippen molar-refractivity contribution in [2.75, 3.05) is 13.7 Å². The van der Waals surface area contributed by atoms with Crippen LogP contribution in [0.15, 0.2) is 47.4 Å². The molecule has 0 aliphatic heterocycles. The Morgan fingerprint density at radius 2 is 2.14 bits per heavy atom. The summed E-state index contributed by atoms with van der Waals surface area (Å²) in [4.78, 5) is 23.9. The first-order valence-corrected chi connectivity index (χ1v) is 6.75. The first-order valence-electron chi connectivity index (χ1n) is 6.75. The summed E-state index contributed by atoms with van der Waals surface area (Å²) >= 11 is 0. The molecular formula is C16H17FN2O3. The van der Waals surface area contributed by atoms with Crippen LogP contribution in [0.1, 0.15) is 22.0 Å². The van der Waals surface area contributed by atoms with E-state index in [1.807, 2.05) is 0 Å². The predicted octanol–water partition coefficient (Wildman–Crippen LogP) is 1.64. The predicted molar refractivity (Wildman–Crippen MR) is 80.2 cm³/mol. The summed E-state index contributed by atoms with van der Waals surface area (Å²) in [6.45, 7) is 0.136. The van der Waals surface area contributed by atoms with Crippen molar-refractivity contribution in [3.05, 3.63) is 69.9 Å². The Labute approximate surface area is 127 Å². The number of carbonyl (C=O) groups is 1. The molecule has 2 rings (SSSR count). The maximum atomic E-state index is 13.2. The molecule has 1 atom stereocenters. The van der Waals surface area contributed by atoms with Crippen molar-refractivity contribution in [2.24, 2.45) is 7.05 Å². The second-order valence-electron chi connectivity index (χ2n) is 4.83. The summed E-state index contributed by atoms with van der Waals surface area (Å²) in [5.41, 5.74) is 0.294. The Kier molecular flexibility index (Phi) is 5.06. The van der Waals surface area contributed by atoms with Crippen molar-refractivity contribution >= 4 is 5.91 Å². The normalized spacial score (nSPS) is 12.0. The number of aromatic nitrogens is 1. The van der Waals surface area contributed by atoms with E-state index in [9.17, 15) is 14.0 Å². The van der Waals surface area contributed by atoms with Gasteiger partial charge in [-0.3, -0.25) is 9.59 Å². The lowest BCUT2D eigenvalue weighted by Crippen LogP contribution is -2.34. The minimum Gasteiger partial charge on any atom is -0.375 e. The summed E-state index contributed by atoms with van der Waals surface area (Å²) in [6, 6.07) is 9.05. The molecule has 1 unspecified atom stereocenters. The first-order chi connectivity index (χ1) is 10.5. The molecule has 0 saturated carbocycles. The highest BCUT2D eigenvalue weighted by atomic mass is 19.1. The van der Waals surface area contributed by atoms with Crippen LogP contribution >= 0.6 is 0 Å². The second-order valence-corrected chi connectivity index (χ2v) is 4.83. The van der Waals surface area contributed by atoms with Crippen molar-refractivity contribution in [3.8, 4) is 0 Å². The van der Waals surface area contributed by atoms with E-state index in [1.54, 1.807) is 31.4 Å². The minimum atomic E-state index is -0.493. The lowest BCUT2D eigenvalue weighted by atomic mass is 10.1. The molecule has 6 heteroatoms. The van der Waals surface area contributed by atoms with Crippen LogP contribution in [0.4, 0.5) is 4.39 Å². The van der Waals surface area contributed by atoms with Gasteiger partial charge in [-0.1, -0.05) is 12.1 Å². The Balaban J connectivity index is 2.09. The van der Waals surface area contributed by atoms with Crippen molar-refractivity contribution < 1.29 is 13.9 Å². The van der Waals surface area contributed by atoms with E-state index in [2.05, 4.69) is 5.32 Å². The molecule has 0 saturated heterocycles. The fraction of sp³-hybridized carbons (Fsp3) is 0.250. The summed E-state index contributed by atoms with van der Waals surface area (Å²) in [5, 5.41) is 2.64. The molecule has 0 bridgehead atoms. The summed E-state index contributed by atoms with van der Waals surface area (Å²) in [5.74, 6) is -0.859. The van der Waals surface area contributed by atoms with E-state index in [4.69, 9.17) is 4.74 Å². The average molecular weight is 304 g/mol. The van der Waals surface area contributed by atoms with Crippen LogP contribution in [0.25, 0.3) is 0 Å². The van der Waals surface area contributed by atoms with Crippen LogP contribution < -0.4 is 10.9 Å². The molecule has 22 heavy (non-hydrogen) atoms. The molecule has 5 nitrogen and oxygen atoms in total. The number of ether oxygens (including phenoxy) is 1. The highest BCUT2D eigenvalue weighted by Gasteiger charge is 2.15. The summed E-state index contributed by atoms with van der Waals surface area (Å²) < 4.78 is 19.8. The van der Waals surface area contributed by atoms with E-state index in [-0.39, 0.29) is 23.5 Å². The molecule has 1 amide bonds. The number of amides is 1. The smallest absolute Gasteiger partial charge is 0.263 e. The number of halogens is 1. The molecule has 1 N–H and O–H groups in total. The third-order valence-corrected chi connectivity index (χ3v) is 3.32. The molecule has 2 aromatic rings. The van der Waals surface area contributed by atoms with Crippen LogP contribution in [0.3, 0.4) is 0 Å². The van der Waals surface area contributed by atoms with Gasteiger partial charge in [0.1, 0.15) is 11.4 Å². The third kappa shape index (κ3) is 3.59. The number of benzene rings is 1. The Morgan fingerprint density at radius 1 is 1.36 bits per heavy atom. The number of rotatable bonds is 5. The Hall–Kier alpha value is -2.47. The quantitative estimate of drug-likeness (QED) is 0.913. The molecule has 0 spiro atoms. The zero-order valence-corrected chi connectivity index (χ0v) is 12.4. The number of methoxy groups -OCH3 is 1. The highest BCUT2D eigenvalue weighted by molar-refractivity contribution is 5.93. The van der Waals surface area contributed by atoms with Gasteiger partial charge in [0, 0.05) is 26.9 Å². The molecular weight excluding hydrogens is 287 g/mol. The van der Waals surface area contributed by atoms with Gasteiger partial charge in [0.25, 0.3) is 11.5 Å². The number of carbonyl (C=O) groups excluding carboxylic acids is 1. The number of nitrogens with one attached hydrogen (secondary N) is 1. The lowest BCUT2D eigenvalue weighted by molar-refractivity contribution is 0.0825. The molecule has 116 valence electrons. The standard InChI is InChI=1S/C16H17FN2O3/c1-19-8-4-7-13(16(19)21)15(20)18-10-14(22-2)11-5-3-6-12(17)9-11/h3-9,14H,10H2,1-2H3,(H,18,20). The number of hydrogen-bond donors (Lipinski definition) is 1. The monoisotopic (exact) mass is 304 g/mol. The topological polar surface area (TPSA) is 60.3 Å². The SMILES string of the molecule is COC(CNC(=O)c1cccn(C)c1=O)c1cccc(F)c1. The van der Waals surface area contributed by atoms with Crippen LogP contribution in [-0.2, 0) is 11.8 Å². The maximum Gasteiger partial charge on any atom is 0.263 e. The Bertz CT molecular complexity index is 727. The van der Waals surface area contributed by atoms with Gasteiger partial charge in [-0.2, -0.15) is 0 Å². The van der Waals surface area contributed by atoms with Crippen LogP contribution in [0.2, 0.25) is 0 Å². The number of aryl methyl sites for hydroxylation is 1. The maximum absolute atomic E-state index is 13.2. The zero-order chi connectivity index (χ0) is 16.1. The number of pyridine rings is 1.